The summed E-state index contributed by atoms with van der Waals surface area (Å²) in [5.74, 6) is 1.92. The van der Waals surface area contributed by atoms with E-state index in [1.165, 1.54) is 38.5 Å². The Hall–Kier alpha value is -0.0400. The van der Waals surface area contributed by atoms with Gasteiger partial charge in [-0.15, -0.1) is 0 Å². The van der Waals surface area contributed by atoms with E-state index in [9.17, 15) is 0 Å². The molecule has 0 radical (unpaired) electrons. The van der Waals surface area contributed by atoms with E-state index >= 15 is 0 Å². The van der Waals surface area contributed by atoms with E-state index in [4.69, 9.17) is 0 Å². The van der Waals surface area contributed by atoms with E-state index < -0.39 is 0 Å². The minimum atomic E-state index is 0.783. The lowest BCUT2D eigenvalue weighted by molar-refractivity contribution is 0.254. The van der Waals surface area contributed by atoms with Gasteiger partial charge in [0.25, 0.3) is 0 Å². The smallest absolute Gasteiger partial charge is 0.00952 e. The Labute approximate surface area is 82.3 Å². The van der Waals surface area contributed by atoms with Gasteiger partial charge in [-0.25, -0.2) is 0 Å². The fraction of sp³-hybridized carbons (Fsp3) is 1.00. The molecule has 0 spiro atoms. The zero-order valence-corrected chi connectivity index (χ0v) is 9.05. The van der Waals surface area contributed by atoms with Crippen molar-refractivity contribution in [2.45, 2.75) is 64.5 Å². The largest absolute Gasteiger partial charge is 0.311 e. The summed E-state index contributed by atoms with van der Waals surface area (Å²) in [6, 6.07) is 1.61. The second-order valence-corrected chi connectivity index (χ2v) is 5.16. The van der Waals surface area contributed by atoms with Crippen LogP contribution in [0.3, 0.4) is 0 Å². The summed E-state index contributed by atoms with van der Waals surface area (Å²) in [5, 5.41) is 3.83. The first kappa shape index (κ1) is 9.51. The molecule has 0 aliphatic heterocycles. The number of hydrogen-bond donors (Lipinski definition) is 1. The molecule has 1 heteroatoms. The van der Waals surface area contributed by atoms with E-state index in [0.717, 1.165) is 23.9 Å². The van der Waals surface area contributed by atoms with Crippen molar-refractivity contribution in [2.75, 3.05) is 0 Å². The standard InChI is InChI=1S/C12H23N/c1-9-5-3-4-6-12(9)13-10(2)11-7-8-11/h9-13H,3-8H2,1-2H3/t9-,10-,12+/m1/s1. The summed E-state index contributed by atoms with van der Waals surface area (Å²) in [6.07, 6.45) is 8.69. The lowest BCUT2D eigenvalue weighted by Gasteiger charge is -2.32. The quantitative estimate of drug-likeness (QED) is 0.706. The van der Waals surface area contributed by atoms with Gasteiger partial charge >= 0.3 is 0 Å². The van der Waals surface area contributed by atoms with Crippen LogP contribution < -0.4 is 5.32 Å². The molecule has 2 fully saturated rings. The maximum atomic E-state index is 3.83. The fourth-order valence-corrected chi connectivity index (χ4v) is 2.63. The summed E-state index contributed by atoms with van der Waals surface area (Å²) in [7, 11) is 0. The van der Waals surface area contributed by atoms with E-state index in [1.54, 1.807) is 0 Å². The lowest BCUT2D eigenvalue weighted by atomic mass is 9.85. The van der Waals surface area contributed by atoms with Crippen LogP contribution in [0, 0.1) is 11.8 Å². The molecule has 1 nitrogen and oxygen atoms in total. The van der Waals surface area contributed by atoms with Gasteiger partial charge in [-0.05, 0) is 44.4 Å². The predicted octanol–water partition coefficient (Wildman–Crippen LogP) is 2.95. The highest BCUT2D eigenvalue weighted by molar-refractivity contribution is 4.88. The Morgan fingerprint density at radius 2 is 1.77 bits per heavy atom. The Morgan fingerprint density at radius 1 is 1.08 bits per heavy atom. The SMILES string of the molecule is C[C@@H]1CCCC[C@@H]1N[C@H](C)C1CC1. The average Bonchev–Trinajstić information content (AvgIpc) is 2.91. The third-order valence-corrected chi connectivity index (χ3v) is 3.92. The van der Waals surface area contributed by atoms with Crippen molar-refractivity contribution in [3.63, 3.8) is 0 Å². The molecule has 2 aliphatic rings. The van der Waals surface area contributed by atoms with Crippen LogP contribution in [0.4, 0.5) is 0 Å². The van der Waals surface area contributed by atoms with E-state index in [-0.39, 0.29) is 0 Å². The molecule has 2 aliphatic carbocycles. The van der Waals surface area contributed by atoms with Crippen LogP contribution in [-0.2, 0) is 0 Å². The van der Waals surface area contributed by atoms with Gasteiger partial charge in [0, 0.05) is 12.1 Å². The van der Waals surface area contributed by atoms with Crippen molar-refractivity contribution < 1.29 is 0 Å². The van der Waals surface area contributed by atoms with Crippen LogP contribution >= 0.6 is 0 Å². The highest BCUT2D eigenvalue weighted by Crippen LogP contribution is 2.34. The van der Waals surface area contributed by atoms with Crippen LogP contribution in [0.15, 0.2) is 0 Å². The van der Waals surface area contributed by atoms with Crippen LogP contribution in [0.1, 0.15) is 52.4 Å². The minimum Gasteiger partial charge on any atom is -0.311 e. The van der Waals surface area contributed by atoms with Crippen LogP contribution in [0.2, 0.25) is 0 Å². The molecule has 0 aromatic carbocycles. The molecule has 0 amide bonds. The van der Waals surface area contributed by atoms with Crippen molar-refractivity contribution in [1.82, 2.24) is 5.32 Å². The fourth-order valence-electron chi connectivity index (χ4n) is 2.63. The Bertz CT molecular complexity index is 163. The monoisotopic (exact) mass is 181 g/mol. The van der Waals surface area contributed by atoms with Crippen LogP contribution in [-0.4, -0.2) is 12.1 Å². The van der Waals surface area contributed by atoms with Crippen molar-refractivity contribution in [2.24, 2.45) is 11.8 Å². The molecule has 0 unspecified atom stereocenters. The molecule has 2 rings (SSSR count). The number of nitrogens with one attached hydrogen (secondary N) is 1. The van der Waals surface area contributed by atoms with Crippen LogP contribution in [0.5, 0.6) is 0 Å². The molecule has 0 heterocycles. The van der Waals surface area contributed by atoms with Crippen molar-refractivity contribution in [3.8, 4) is 0 Å². The van der Waals surface area contributed by atoms with E-state index in [2.05, 4.69) is 19.2 Å². The molecule has 0 bridgehead atoms. The Balaban J connectivity index is 1.77. The molecule has 76 valence electrons. The topological polar surface area (TPSA) is 12.0 Å². The third-order valence-electron chi connectivity index (χ3n) is 3.92. The summed E-state index contributed by atoms with van der Waals surface area (Å²) in [5.41, 5.74) is 0. The summed E-state index contributed by atoms with van der Waals surface area (Å²) in [4.78, 5) is 0. The Kier molecular flexibility index (Phi) is 2.92. The highest BCUT2D eigenvalue weighted by atomic mass is 15.0. The van der Waals surface area contributed by atoms with Gasteiger partial charge in [0.1, 0.15) is 0 Å². The Morgan fingerprint density at radius 3 is 2.38 bits per heavy atom. The first-order chi connectivity index (χ1) is 6.27. The molecule has 0 aromatic heterocycles. The summed E-state index contributed by atoms with van der Waals surface area (Å²) < 4.78 is 0. The van der Waals surface area contributed by atoms with E-state index in [0.29, 0.717) is 0 Å². The van der Waals surface area contributed by atoms with Crippen LogP contribution in [0.25, 0.3) is 0 Å². The van der Waals surface area contributed by atoms with Gasteiger partial charge in [0.05, 0.1) is 0 Å². The van der Waals surface area contributed by atoms with Gasteiger partial charge in [-0.3, -0.25) is 0 Å². The van der Waals surface area contributed by atoms with Gasteiger partial charge in [0.2, 0.25) is 0 Å². The van der Waals surface area contributed by atoms with Gasteiger partial charge in [0.15, 0.2) is 0 Å². The second-order valence-electron chi connectivity index (χ2n) is 5.16. The normalized spacial score (nSPS) is 37.4. The zero-order valence-electron chi connectivity index (χ0n) is 9.05. The van der Waals surface area contributed by atoms with Crippen molar-refractivity contribution in [1.29, 1.82) is 0 Å². The second kappa shape index (κ2) is 4.00. The van der Waals surface area contributed by atoms with Crippen molar-refractivity contribution in [3.05, 3.63) is 0 Å². The molecule has 1 N–H and O–H groups in total. The maximum Gasteiger partial charge on any atom is 0.00952 e. The molecule has 0 aromatic rings. The first-order valence-electron chi connectivity index (χ1n) is 6.03. The van der Waals surface area contributed by atoms with E-state index in [1.807, 2.05) is 0 Å². The van der Waals surface area contributed by atoms with Gasteiger partial charge < -0.3 is 5.32 Å². The molecule has 13 heavy (non-hydrogen) atoms. The zero-order chi connectivity index (χ0) is 9.26. The minimum absolute atomic E-state index is 0.783. The molecule has 3 atom stereocenters. The van der Waals surface area contributed by atoms with Crippen molar-refractivity contribution >= 4 is 0 Å². The highest BCUT2D eigenvalue weighted by Gasteiger charge is 2.31. The first-order valence-corrected chi connectivity index (χ1v) is 6.03. The van der Waals surface area contributed by atoms with Gasteiger partial charge in [-0.1, -0.05) is 19.8 Å². The third kappa shape index (κ3) is 2.46. The number of hydrogen-bond acceptors (Lipinski definition) is 1. The molecular formula is C12H23N. The molecule has 0 saturated heterocycles. The lowest BCUT2D eigenvalue weighted by Crippen LogP contribution is -2.43. The maximum absolute atomic E-state index is 3.83. The molecule has 2 saturated carbocycles. The average molecular weight is 181 g/mol. The van der Waals surface area contributed by atoms with Gasteiger partial charge in [-0.2, -0.15) is 0 Å². The predicted molar refractivity (Wildman–Crippen MR) is 56.7 cm³/mol. The summed E-state index contributed by atoms with van der Waals surface area (Å²) in [6.45, 7) is 4.79. The number of rotatable bonds is 3. The summed E-state index contributed by atoms with van der Waals surface area (Å²) >= 11 is 0. The molecular weight excluding hydrogens is 158 g/mol.